The lowest BCUT2D eigenvalue weighted by Gasteiger charge is -2.34. The van der Waals surface area contributed by atoms with Crippen LogP contribution >= 0.6 is 0 Å². The summed E-state index contributed by atoms with van der Waals surface area (Å²) in [4.78, 5) is 22.1. The summed E-state index contributed by atoms with van der Waals surface area (Å²) in [5, 5.41) is 11.6. The lowest BCUT2D eigenvalue weighted by atomic mass is 9.78. The predicted octanol–water partition coefficient (Wildman–Crippen LogP) is 2.57. The van der Waals surface area contributed by atoms with Crippen LogP contribution in [0.15, 0.2) is 0 Å². The molecule has 0 aromatic carbocycles. The summed E-state index contributed by atoms with van der Waals surface area (Å²) in [7, 11) is 0. The van der Waals surface area contributed by atoms with E-state index in [2.05, 4.69) is 19.2 Å². The number of carbonyl (C=O) groups is 2. The summed E-state index contributed by atoms with van der Waals surface area (Å²) in [5.41, 5.74) is 0. The molecular weight excluding hydrogens is 230 g/mol. The first-order chi connectivity index (χ1) is 8.50. The second-order valence-corrected chi connectivity index (χ2v) is 5.54. The summed E-state index contributed by atoms with van der Waals surface area (Å²) in [6, 6.07) is 0.306. The van der Waals surface area contributed by atoms with Gasteiger partial charge in [-0.15, -0.1) is 0 Å². The van der Waals surface area contributed by atoms with Crippen LogP contribution in [0.5, 0.6) is 0 Å². The number of nitrogens with one attached hydrogen (secondary N) is 1. The molecule has 0 spiro atoms. The van der Waals surface area contributed by atoms with Crippen LogP contribution in [0, 0.1) is 11.8 Å². The first kappa shape index (κ1) is 15.0. The zero-order valence-corrected chi connectivity index (χ0v) is 11.4. The van der Waals surface area contributed by atoms with Gasteiger partial charge in [0.2, 0.25) is 5.91 Å². The van der Waals surface area contributed by atoms with Crippen LogP contribution in [0.2, 0.25) is 0 Å². The van der Waals surface area contributed by atoms with Crippen LogP contribution in [0.25, 0.3) is 0 Å². The van der Waals surface area contributed by atoms with E-state index in [-0.39, 0.29) is 12.3 Å². The molecule has 1 amide bonds. The maximum atomic E-state index is 11.7. The van der Waals surface area contributed by atoms with Gasteiger partial charge in [0.1, 0.15) is 0 Å². The van der Waals surface area contributed by atoms with Crippen LogP contribution in [-0.4, -0.2) is 23.0 Å². The third-order valence-electron chi connectivity index (χ3n) is 4.10. The second kappa shape index (κ2) is 7.39. The summed E-state index contributed by atoms with van der Waals surface area (Å²) >= 11 is 0. The quantitative estimate of drug-likeness (QED) is 0.717. The highest BCUT2D eigenvalue weighted by molar-refractivity contribution is 5.76. The molecule has 1 aliphatic rings. The Morgan fingerprint density at radius 2 is 1.83 bits per heavy atom. The molecule has 0 aromatic rings. The minimum atomic E-state index is -0.787. The van der Waals surface area contributed by atoms with E-state index < -0.39 is 5.97 Å². The monoisotopic (exact) mass is 255 g/mol. The number of hydrogen-bond donors (Lipinski definition) is 2. The predicted molar refractivity (Wildman–Crippen MR) is 70.2 cm³/mol. The number of carboxylic acids is 1. The molecule has 0 radical (unpaired) electrons. The van der Waals surface area contributed by atoms with E-state index in [1.165, 1.54) is 12.8 Å². The Morgan fingerprint density at radius 1 is 1.17 bits per heavy atom. The van der Waals surface area contributed by atoms with Crippen molar-refractivity contribution < 1.29 is 14.7 Å². The molecular formula is C14H25NO3. The van der Waals surface area contributed by atoms with Crippen molar-refractivity contribution in [1.82, 2.24) is 5.32 Å². The van der Waals surface area contributed by atoms with E-state index in [0.29, 0.717) is 37.1 Å². The van der Waals surface area contributed by atoms with Gasteiger partial charge in [0, 0.05) is 18.9 Å². The topological polar surface area (TPSA) is 66.4 Å². The molecule has 1 saturated carbocycles. The standard InChI is InChI=1S/C14H25NO3/c1-10-6-5-7-12(11(10)2)15-13(16)8-3-4-9-14(17)18/h10-12H,3-9H2,1-2H3,(H,15,16)(H,17,18). The fourth-order valence-corrected chi connectivity index (χ4v) is 2.63. The third-order valence-corrected chi connectivity index (χ3v) is 4.10. The average molecular weight is 255 g/mol. The largest absolute Gasteiger partial charge is 0.481 e. The van der Waals surface area contributed by atoms with Gasteiger partial charge >= 0.3 is 5.97 Å². The zero-order valence-electron chi connectivity index (χ0n) is 11.4. The van der Waals surface area contributed by atoms with Crippen molar-refractivity contribution in [1.29, 1.82) is 0 Å². The summed E-state index contributed by atoms with van der Waals surface area (Å²) in [6.45, 7) is 4.45. The maximum absolute atomic E-state index is 11.7. The first-order valence-corrected chi connectivity index (χ1v) is 7.02. The molecule has 2 N–H and O–H groups in total. The van der Waals surface area contributed by atoms with Crippen LogP contribution in [-0.2, 0) is 9.59 Å². The van der Waals surface area contributed by atoms with Crippen molar-refractivity contribution in [2.24, 2.45) is 11.8 Å². The molecule has 1 aliphatic carbocycles. The SMILES string of the molecule is CC1CCCC(NC(=O)CCCCC(=O)O)C1C. The summed E-state index contributed by atoms with van der Waals surface area (Å²) < 4.78 is 0. The maximum Gasteiger partial charge on any atom is 0.303 e. The third kappa shape index (κ3) is 5.07. The van der Waals surface area contributed by atoms with Crippen molar-refractivity contribution in [2.45, 2.75) is 64.8 Å². The molecule has 0 bridgehead atoms. The molecule has 3 unspecified atom stereocenters. The molecule has 104 valence electrons. The number of rotatable bonds is 6. The lowest BCUT2D eigenvalue weighted by Crippen LogP contribution is -2.43. The number of unbranched alkanes of at least 4 members (excludes halogenated alkanes) is 1. The Hall–Kier alpha value is -1.06. The summed E-state index contributed by atoms with van der Waals surface area (Å²) in [6.07, 6.45) is 5.37. The number of hydrogen-bond acceptors (Lipinski definition) is 2. The van der Waals surface area contributed by atoms with Gasteiger partial charge in [-0.25, -0.2) is 0 Å². The fraction of sp³-hybridized carbons (Fsp3) is 0.857. The number of aliphatic carboxylic acids is 1. The Bertz CT molecular complexity index is 291. The molecule has 0 saturated heterocycles. The number of carboxylic acid groups (broad SMARTS) is 1. The minimum absolute atomic E-state index is 0.0753. The van der Waals surface area contributed by atoms with Crippen molar-refractivity contribution >= 4 is 11.9 Å². The first-order valence-electron chi connectivity index (χ1n) is 7.02. The molecule has 4 nitrogen and oxygen atoms in total. The van der Waals surface area contributed by atoms with Gasteiger partial charge in [0.05, 0.1) is 0 Å². The number of carbonyl (C=O) groups excluding carboxylic acids is 1. The molecule has 4 heteroatoms. The van der Waals surface area contributed by atoms with Crippen LogP contribution in [0.4, 0.5) is 0 Å². The molecule has 0 heterocycles. The van der Waals surface area contributed by atoms with Gasteiger partial charge in [-0.05, 0) is 31.1 Å². The smallest absolute Gasteiger partial charge is 0.303 e. The van der Waals surface area contributed by atoms with E-state index in [1.54, 1.807) is 0 Å². The Labute approximate surface area is 109 Å². The lowest BCUT2D eigenvalue weighted by molar-refractivity contribution is -0.137. The molecule has 18 heavy (non-hydrogen) atoms. The highest BCUT2D eigenvalue weighted by Gasteiger charge is 2.27. The molecule has 0 aliphatic heterocycles. The van der Waals surface area contributed by atoms with E-state index >= 15 is 0 Å². The zero-order chi connectivity index (χ0) is 13.5. The normalized spacial score (nSPS) is 27.8. The molecule has 0 aromatic heterocycles. The van der Waals surface area contributed by atoms with Crippen molar-refractivity contribution in [2.75, 3.05) is 0 Å². The van der Waals surface area contributed by atoms with Crippen LogP contribution < -0.4 is 5.32 Å². The van der Waals surface area contributed by atoms with E-state index in [1.807, 2.05) is 0 Å². The molecule has 3 atom stereocenters. The van der Waals surface area contributed by atoms with E-state index in [0.717, 1.165) is 6.42 Å². The van der Waals surface area contributed by atoms with Crippen molar-refractivity contribution in [3.63, 3.8) is 0 Å². The van der Waals surface area contributed by atoms with E-state index in [9.17, 15) is 9.59 Å². The van der Waals surface area contributed by atoms with Gasteiger partial charge in [0.25, 0.3) is 0 Å². The Balaban J connectivity index is 2.20. The van der Waals surface area contributed by atoms with Crippen LogP contribution in [0.1, 0.15) is 58.8 Å². The van der Waals surface area contributed by atoms with E-state index in [4.69, 9.17) is 5.11 Å². The fourth-order valence-electron chi connectivity index (χ4n) is 2.63. The summed E-state index contributed by atoms with van der Waals surface area (Å²) in [5.74, 6) is 0.509. The highest BCUT2D eigenvalue weighted by atomic mass is 16.4. The van der Waals surface area contributed by atoms with Gasteiger partial charge < -0.3 is 10.4 Å². The minimum Gasteiger partial charge on any atom is -0.481 e. The Kier molecular flexibility index (Phi) is 6.16. The van der Waals surface area contributed by atoms with Gasteiger partial charge in [-0.1, -0.05) is 26.7 Å². The number of amides is 1. The average Bonchev–Trinajstić information content (AvgIpc) is 2.30. The molecule has 1 rings (SSSR count). The highest BCUT2D eigenvalue weighted by Crippen LogP contribution is 2.29. The Morgan fingerprint density at radius 3 is 2.50 bits per heavy atom. The van der Waals surface area contributed by atoms with Crippen molar-refractivity contribution in [3.8, 4) is 0 Å². The van der Waals surface area contributed by atoms with Crippen LogP contribution in [0.3, 0.4) is 0 Å². The van der Waals surface area contributed by atoms with Gasteiger partial charge in [0.15, 0.2) is 0 Å². The molecule has 1 fully saturated rings. The second-order valence-electron chi connectivity index (χ2n) is 5.54. The van der Waals surface area contributed by atoms with Gasteiger partial charge in [-0.2, -0.15) is 0 Å². The van der Waals surface area contributed by atoms with Gasteiger partial charge in [-0.3, -0.25) is 9.59 Å². The van der Waals surface area contributed by atoms with Crippen molar-refractivity contribution in [3.05, 3.63) is 0 Å².